The summed E-state index contributed by atoms with van der Waals surface area (Å²) in [4.78, 5) is 4.22. The van der Waals surface area contributed by atoms with E-state index >= 15 is 0 Å². The minimum absolute atomic E-state index is 0.0930. The van der Waals surface area contributed by atoms with Gasteiger partial charge in [-0.3, -0.25) is 0 Å². The van der Waals surface area contributed by atoms with E-state index in [0.717, 1.165) is 6.07 Å². The molecule has 4 nitrogen and oxygen atoms in total. The van der Waals surface area contributed by atoms with Gasteiger partial charge in [0.05, 0.1) is 11.2 Å². The molecule has 0 unspecified atom stereocenters. The Hall–Kier alpha value is -2.09. The Bertz CT molecular complexity index is 856. The molecule has 0 aromatic heterocycles. The summed E-state index contributed by atoms with van der Waals surface area (Å²) >= 11 is 0. The van der Waals surface area contributed by atoms with Crippen LogP contribution in [0.25, 0.3) is 0 Å². The van der Waals surface area contributed by atoms with Gasteiger partial charge in [-0.15, -0.1) is 0 Å². The molecule has 1 heterocycles. The Morgan fingerprint density at radius 1 is 1.13 bits per heavy atom. The molecule has 2 atom stereocenters. The zero-order chi connectivity index (χ0) is 21.9. The smallest absolute Gasteiger partial charge is 0.416 e. The second-order valence-electron chi connectivity index (χ2n) is 8.43. The van der Waals surface area contributed by atoms with E-state index in [0.29, 0.717) is 50.1 Å². The van der Waals surface area contributed by atoms with Crippen LogP contribution in [-0.2, 0) is 18.2 Å². The van der Waals surface area contributed by atoms with Crippen molar-refractivity contribution in [2.24, 2.45) is 5.92 Å². The van der Waals surface area contributed by atoms with E-state index in [4.69, 9.17) is 0 Å². The Kier molecular flexibility index (Phi) is 6.75. The molecule has 1 aliphatic rings. The van der Waals surface area contributed by atoms with Crippen molar-refractivity contribution in [1.82, 2.24) is 9.80 Å². The van der Waals surface area contributed by atoms with E-state index in [9.17, 15) is 23.4 Å². The molecular formula is C23H29F3N2O2. The molecule has 0 aliphatic carbocycles. The zero-order valence-electron chi connectivity index (χ0n) is 17.4. The van der Waals surface area contributed by atoms with Crippen molar-refractivity contribution in [3.63, 3.8) is 0 Å². The quantitative estimate of drug-likeness (QED) is 0.745. The summed E-state index contributed by atoms with van der Waals surface area (Å²) in [5.74, 6) is 0.0288. The average Bonchev–Trinajstić information content (AvgIpc) is 2.68. The third kappa shape index (κ3) is 5.33. The van der Waals surface area contributed by atoms with Gasteiger partial charge in [0.15, 0.2) is 0 Å². The van der Waals surface area contributed by atoms with Crippen LogP contribution in [0.4, 0.5) is 13.2 Å². The van der Waals surface area contributed by atoms with Gasteiger partial charge in [-0.1, -0.05) is 30.3 Å². The van der Waals surface area contributed by atoms with E-state index < -0.39 is 17.3 Å². The lowest BCUT2D eigenvalue weighted by molar-refractivity contribution is -0.137. The molecule has 0 saturated carbocycles. The van der Waals surface area contributed by atoms with Gasteiger partial charge in [0.2, 0.25) is 0 Å². The first-order chi connectivity index (χ1) is 14.1. The molecule has 0 amide bonds. The van der Waals surface area contributed by atoms with Gasteiger partial charge in [-0.2, -0.15) is 13.2 Å². The Morgan fingerprint density at radius 2 is 1.87 bits per heavy atom. The molecule has 3 rings (SSSR count). The molecule has 0 bridgehead atoms. The van der Waals surface area contributed by atoms with E-state index in [2.05, 4.69) is 4.90 Å². The number of phenolic OH excluding ortho intramolecular Hbond substituents is 1. The van der Waals surface area contributed by atoms with Crippen LogP contribution in [0.3, 0.4) is 0 Å². The Balaban J connectivity index is 1.71. The largest absolute Gasteiger partial charge is 0.508 e. The molecule has 2 aromatic rings. The van der Waals surface area contributed by atoms with Crippen molar-refractivity contribution < 1.29 is 23.4 Å². The molecule has 0 spiro atoms. The summed E-state index contributed by atoms with van der Waals surface area (Å²) in [6.07, 6.45) is -3.32. The van der Waals surface area contributed by atoms with Gasteiger partial charge in [-0.05, 0) is 56.3 Å². The third-order valence-electron chi connectivity index (χ3n) is 5.87. The highest BCUT2D eigenvalue weighted by molar-refractivity contribution is 5.32. The first-order valence-electron chi connectivity index (χ1n) is 10.1. The standard InChI is InChI=1S/C23H29F3N2O2/c1-27(2)15-20-16-28(11-9-17-5-3-7-19(13-17)23(24,25)26)12-10-22(20,30)18-6-4-8-21(29)14-18/h3-8,13-14,20,29-30H,9-12,15-16H2,1-2H3/t20-,22-/m1/s1. The van der Waals surface area contributed by atoms with Crippen LogP contribution >= 0.6 is 0 Å². The highest BCUT2D eigenvalue weighted by Gasteiger charge is 2.43. The molecule has 30 heavy (non-hydrogen) atoms. The van der Waals surface area contributed by atoms with Crippen LogP contribution < -0.4 is 0 Å². The molecular weight excluding hydrogens is 393 g/mol. The SMILES string of the molecule is CN(C)C[C@@H]1CN(CCc2cccc(C(F)(F)F)c2)CC[C@@]1(O)c1cccc(O)c1. The second-order valence-corrected chi connectivity index (χ2v) is 8.43. The van der Waals surface area contributed by atoms with Crippen LogP contribution in [0.1, 0.15) is 23.1 Å². The minimum atomic E-state index is -4.34. The number of alkyl halides is 3. The monoisotopic (exact) mass is 422 g/mol. The topological polar surface area (TPSA) is 46.9 Å². The summed E-state index contributed by atoms with van der Waals surface area (Å²) in [6, 6.07) is 12.2. The normalized spacial score (nSPS) is 23.1. The van der Waals surface area contributed by atoms with Crippen molar-refractivity contribution in [3.05, 3.63) is 65.2 Å². The fourth-order valence-corrected chi connectivity index (χ4v) is 4.28. The Labute approximate surface area is 175 Å². The van der Waals surface area contributed by atoms with Crippen molar-refractivity contribution >= 4 is 0 Å². The first-order valence-corrected chi connectivity index (χ1v) is 10.1. The van der Waals surface area contributed by atoms with Crippen LogP contribution in [0, 0.1) is 5.92 Å². The van der Waals surface area contributed by atoms with Gasteiger partial charge in [0.25, 0.3) is 0 Å². The van der Waals surface area contributed by atoms with Crippen molar-refractivity contribution in [2.45, 2.75) is 24.6 Å². The van der Waals surface area contributed by atoms with Gasteiger partial charge in [0.1, 0.15) is 5.75 Å². The van der Waals surface area contributed by atoms with Crippen LogP contribution in [0.5, 0.6) is 5.75 Å². The fourth-order valence-electron chi connectivity index (χ4n) is 4.28. The summed E-state index contributed by atoms with van der Waals surface area (Å²) in [6.45, 7) is 2.55. The summed E-state index contributed by atoms with van der Waals surface area (Å²) in [5, 5.41) is 21.4. The van der Waals surface area contributed by atoms with Gasteiger partial charge in [-0.25, -0.2) is 0 Å². The maximum Gasteiger partial charge on any atom is 0.416 e. The van der Waals surface area contributed by atoms with Gasteiger partial charge in [0, 0.05) is 32.1 Å². The number of hydrogen-bond donors (Lipinski definition) is 2. The fraction of sp³-hybridized carbons (Fsp3) is 0.478. The highest BCUT2D eigenvalue weighted by Crippen LogP contribution is 2.39. The number of likely N-dealkylation sites (tertiary alicyclic amines) is 1. The lowest BCUT2D eigenvalue weighted by Gasteiger charge is -2.46. The molecule has 0 radical (unpaired) electrons. The number of aliphatic hydroxyl groups is 1. The first kappa shape index (κ1) is 22.6. The van der Waals surface area contributed by atoms with Gasteiger partial charge >= 0.3 is 6.18 Å². The van der Waals surface area contributed by atoms with Crippen LogP contribution in [0.15, 0.2) is 48.5 Å². The lowest BCUT2D eigenvalue weighted by Crippen LogP contribution is -2.53. The maximum atomic E-state index is 12.9. The number of nitrogens with zero attached hydrogens (tertiary/aromatic N) is 2. The molecule has 1 aliphatic heterocycles. The predicted molar refractivity (Wildman–Crippen MR) is 110 cm³/mol. The zero-order valence-corrected chi connectivity index (χ0v) is 17.4. The number of aromatic hydroxyl groups is 1. The van der Waals surface area contributed by atoms with E-state index in [1.165, 1.54) is 12.1 Å². The molecule has 1 fully saturated rings. The average molecular weight is 422 g/mol. The number of piperidine rings is 1. The molecule has 2 N–H and O–H groups in total. The summed E-state index contributed by atoms with van der Waals surface area (Å²) in [5.41, 5.74) is -0.326. The van der Waals surface area contributed by atoms with Gasteiger partial charge < -0.3 is 20.0 Å². The lowest BCUT2D eigenvalue weighted by atomic mass is 9.75. The maximum absolute atomic E-state index is 12.9. The number of phenols is 1. The van der Waals surface area contributed by atoms with Crippen molar-refractivity contribution in [2.75, 3.05) is 40.3 Å². The van der Waals surface area contributed by atoms with Crippen LogP contribution in [-0.4, -0.2) is 60.3 Å². The van der Waals surface area contributed by atoms with Crippen molar-refractivity contribution in [3.8, 4) is 5.75 Å². The van der Waals surface area contributed by atoms with E-state index in [-0.39, 0.29) is 11.7 Å². The molecule has 1 saturated heterocycles. The minimum Gasteiger partial charge on any atom is -0.508 e. The van der Waals surface area contributed by atoms with E-state index in [1.54, 1.807) is 24.3 Å². The molecule has 7 heteroatoms. The summed E-state index contributed by atoms with van der Waals surface area (Å²) in [7, 11) is 3.90. The van der Waals surface area contributed by atoms with Crippen molar-refractivity contribution in [1.29, 1.82) is 0 Å². The molecule has 164 valence electrons. The van der Waals surface area contributed by atoms with E-state index in [1.807, 2.05) is 25.1 Å². The number of halogens is 3. The summed E-state index contributed by atoms with van der Waals surface area (Å²) < 4.78 is 38.8. The predicted octanol–water partition coefficient (Wildman–Crippen LogP) is 3.72. The molecule has 2 aromatic carbocycles. The highest BCUT2D eigenvalue weighted by atomic mass is 19.4. The second kappa shape index (κ2) is 8.96. The third-order valence-corrected chi connectivity index (χ3v) is 5.87. The van der Waals surface area contributed by atoms with Crippen LogP contribution in [0.2, 0.25) is 0 Å². The number of rotatable bonds is 6. The number of hydrogen-bond acceptors (Lipinski definition) is 4. The Morgan fingerprint density at radius 3 is 2.53 bits per heavy atom. The number of benzene rings is 2.